The van der Waals surface area contributed by atoms with Crippen molar-refractivity contribution in [3.8, 4) is 0 Å². The molecule has 0 bridgehead atoms. The number of nitrogens with one attached hydrogen (secondary N) is 1. The molecule has 0 spiro atoms. The first kappa shape index (κ1) is 12.2. The third kappa shape index (κ3) is 2.23. The molecule has 1 saturated carbocycles. The van der Waals surface area contributed by atoms with Crippen molar-refractivity contribution in [2.75, 3.05) is 4.72 Å². The lowest BCUT2D eigenvalue weighted by molar-refractivity contribution is 0.400. The highest BCUT2D eigenvalue weighted by Gasteiger charge is 2.26. The monoisotopic (exact) mass is 282 g/mol. The second kappa shape index (κ2) is 4.37. The summed E-state index contributed by atoms with van der Waals surface area (Å²) in [6.45, 7) is 0. The first-order valence-electron chi connectivity index (χ1n) is 6.02. The van der Waals surface area contributed by atoms with Crippen LogP contribution in [0.25, 0.3) is 0 Å². The minimum atomic E-state index is -3.66. The maximum absolute atomic E-state index is 12.0. The van der Waals surface area contributed by atoms with E-state index in [9.17, 15) is 8.42 Å². The molecule has 8 heteroatoms. The van der Waals surface area contributed by atoms with Gasteiger partial charge >= 0.3 is 0 Å². The lowest BCUT2D eigenvalue weighted by Crippen LogP contribution is -2.15. The third-order valence-electron chi connectivity index (χ3n) is 3.28. The SMILES string of the molecule is Cn1nc(C2CCC2)nc1NS(=O)(=O)c1ccoc1. The van der Waals surface area contributed by atoms with Gasteiger partial charge in [0, 0.05) is 13.0 Å². The van der Waals surface area contributed by atoms with Crippen LogP contribution in [-0.4, -0.2) is 23.2 Å². The highest BCUT2D eigenvalue weighted by Crippen LogP contribution is 2.34. The molecule has 0 unspecified atom stereocenters. The largest absolute Gasteiger partial charge is 0.471 e. The van der Waals surface area contributed by atoms with Crippen LogP contribution < -0.4 is 4.72 Å². The third-order valence-corrected chi connectivity index (χ3v) is 4.58. The maximum Gasteiger partial charge on any atom is 0.267 e. The van der Waals surface area contributed by atoms with Crippen LogP contribution >= 0.6 is 0 Å². The fraction of sp³-hybridized carbons (Fsp3) is 0.455. The quantitative estimate of drug-likeness (QED) is 0.917. The molecule has 0 saturated heterocycles. The molecule has 1 aliphatic carbocycles. The van der Waals surface area contributed by atoms with E-state index in [-0.39, 0.29) is 10.8 Å². The van der Waals surface area contributed by atoms with Crippen molar-refractivity contribution in [1.29, 1.82) is 0 Å². The van der Waals surface area contributed by atoms with E-state index in [4.69, 9.17) is 4.42 Å². The summed E-state index contributed by atoms with van der Waals surface area (Å²) in [4.78, 5) is 4.33. The summed E-state index contributed by atoms with van der Waals surface area (Å²) in [5.74, 6) is 1.29. The van der Waals surface area contributed by atoms with Crippen molar-refractivity contribution in [2.24, 2.45) is 7.05 Å². The van der Waals surface area contributed by atoms with Crippen molar-refractivity contribution in [2.45, 2.75) is 30.1 Å². The van der Waals surface area contributed by atoms with Crippen LogP contribution in [-0.2, 0) is 17.1 Å². The minimum Gasteiger partial charge on any atom is -0.471 e. The number of aromatic nitrogens is 3. The van der Waals surface area contributed by atoms with Crippen LogP contribution in [0.3, 0.4) is 0 Å². The Kier molecular flexibility index (Phi) is 2.81. The topological polar surface area (TPSA) is 90.0 Å². The molecule has 3 rings (SSSR count). The van der Waals surface area contributed by atoms with E-state index >= 15 is 0 Å². The Bertz CT molecular complexity index is 671. The van der Waals surface area contributed by atoms with Crippen molar-refractivity contribution in [3.05, 3.63) is 24.4 Å². The molecule has 102 valence electrons. The summed E-state index contributed by atoms with van der Waals surface area (Å²) in [6, 6.07) is 1.38. The molecule has 0 atom stereocenters. The number of sulfonamides is 1. The molecule has 1 fully saturated rings. The van der Waals surface area contributed by atoms with Crippen molar-refractivity contribution >= 4 is 16.0 Å². The van der Waals surface area contributed by atoms with Crippen LogP contribution in [0.1, 0.15) is 31.0 Å². The van der Waals surface area contributed by atoms with Gasteiger partial charge in [0.2, 0.25) is 5.95 Å². The summed E-state index contributed by atoms with van der Waals surface area (Å²) in [5, 5.41) is 4.25. The summed E-state index contributed by atoms with van der Waals surface area (Å²) in [5.41, 5.74) is 0. The van der Waals surface area contributed by atoms with Crippen molar-refractivity contribution in [1.82, 2.24) is 14.8 Å². The van der Waals surface area contributed by atoms with Crippen molar-refractivity contribution in [3.63, 3.8) is 0 Å². The zero-order valence-electron chi connectivity index (χ0n) is 10.4. The van der Waals surface area contributed by atoms with E-state index in [1.54, 1.807) is 7.05 Å². The number of nitrogens with zero attached hydrogens (tertiary/aromatic N) is 3. The van der Waals surface area contributed by atoms with E-state index in [1.165, 1.54) is 29.7 Å². The van der Waals surface area contributed by atoms with Gasteiger partial charge in [-0.15, -0.1) is 0 Å². The molecule has 1 aliphatic rings. The molecule has 2 aromatic heterocycles. The summed E-state index contributed by atoms with van der Waals surface area (Å²) < 4.78 is 32.7. The summed E-state index contributed by atoms with van der Waals surface area (Å²) >= 11 is 0. The fourth-order valence-electron chi connectivity index (χ4n) is 1.92. The van der Waals surface area contributed by atoms with Crippen LogP contribution in [0.2, 0.25) is 0 Å². The zero-order valence-corrected chi connectivity index (χ0v) is 11.2. The van der Waals surface area contributed by atoms with Gasteiger partial charge in [0.05, 0.1) is 6.26 Å². The fourth-order valence-corrected chi connectivity index (χ4v) is 2.87. The maximum atomic E-state index is 12.0. The van der Waals surface area contributed by atoms with Crippen molar-refractivity contribution < 1.29 is 12.8 Å². The Morgan fingerprint density at radius 3 is 2.84 bits per heavy atom. The Labute approximate surface area is 110 Å². The van der Waals surface area contributed by atoms with Gasteiger partial charge in [-0.3, -0.25) is 0 Å². The van der Waals surface area contributed by atoms with Crippen LogP contribution in [0.15, 0.2) is 27.9 Å². The van der Waals surface area contributed by atoms with E-state index < -0.39 is 10.0 Å². The molecular weight excluding hydrogens is 268 g/mol. The molecule has 2 aromatic rings. The second-order valence-electron chi connectivity index (χ2n) is 4.61. The van der Waals surface area contributed by atoms with Crippen LogP contribution in [0.4, 0.5) is 5.95 Å². The van der Waals surface area contributed by atoms with Gasteiger partial charge in [-0.05, 0) is 18.9 Å². The predicted molar refractivity (Wildman–Crippen MR) is 67.1 cm³/mol. The number of aryl methyl sites for hydroxylation is 1. The molecule has 0 aromatic carbocycles. The van der Waals surface area contributed by atoms with Gasteiger partial charge in [-0.25, -0.2) is 17.8 Å². The lowest BCUT2D eigenvalue weighted by Gasteiger charge is -2.21. The first-order valence-corrected chi connectivity index (χ1v) is 7.50. The average Bonchev–Trinajstić information content (AvgIpc) is 2.87. The number of anilines is 1. The highest BCUT2D eigenvalue weighted by atomic mass is 32.2. The van der Waals surface area contributed by atoms with Crippen LogP contribution in [0, 0.1) is 0 Å². The van der Waals surface area contributed by atoms with Crippen LogP contribution in [0.5, 0.6) is 0 Å². The Morgan fingerprint density at radius 1 is 1.47 bits per heavy atom. The number of hydrogen-bond acceptors (Lipinski definition) is 5. The molecule has 19 heavy (non-hydrogen) atoms. The molecule has 2 heterocycles. The summed E-state index contributed by atoms with van der Waals surface area (Å²) in [7, 11) is -1.99. The second-order valence-corrected chi connectivity index (χ2v) is 6.29. The van der Waals surface area contributed by atoms with Gasteiger partial charge < -0.3 is 4.42 Å². The Balaban J connectivity index is 1.85. The molecule has 1 N–H and O–H groups in total. The molecule has 0 aliphatic heterocycles. The molecule has 0 amide bonds. The molecule has 0 radical (unpaired) electrons. The summed E-state index contributed by atoms with van der Waals surface area (Å²) in [6.07, 6.45) is 5.80. The van der Waals surface area contributed by atoms with E-state index in [0.717, 1.165) is 12.8 Å². The van der Waals surface area contributed by atoms with Gasteiger partial charge in [-0.2, -0.15) is 10.1 Å². The Hall–Kier alpha value is -1.83. The lowest BCUT2D eigenvalue weighted by atomic mass is 9.85. The number of furan rings is 1. The number of rotatable bonds is 4. The average molecular weight is 282 g/mol. The first-order chi connectivity index (χ1) is 9.06. The van der Waals surface area contributed by atoms with E-state index in [2.05, 4.69) is 14.8 Å². The smallest absolute Gasteiger partial charge is 0.267 e. The predicted octanol–water partition coefficient (Wildman–Crippen LogP) is 1.48. The van der Waals surface area contributed by atoms with Gasteiger partial charge in [0.1, 0.15) is 11.2 Å². The molecule has 7 nitrogen and oxygen atoms in total. The Morgan fingerprint density at radius 2 is 2.26 bits per heavy atom. The van der Waals surface area contributed by atoms with E-state index in [1.807, 2.05) is 0 Å². The molecular formula is C11H14N4O3S. The van der Waals surface area contributed by atoms with E-state index in [0.29, 0.717) is 11.7 Å². The van der Waals surface area contributed by atoms with Gasteiger partial charge in [0.25, 0.3) is 10.0 Å². The van der Waals surface area contributed by atoms with Gasteiger partial charge in [0.15, 0.2) is 5.82 Å². The zero-order chi connectivity index (χ0) is 13.5. The minimum absolute atomic E-state index is 0.0701. The highest BCUT2D eigenvalue weighted by molar-refractivity contribution is 7.92. The number of hydrogen-bond donors (Lipinski definition) is 1. The van der Waals surface area contributed by atoms with Gasteiger partial charge in [-0.1, -0.05) is 6.42 Å². The normalized spacial score (nSPS) is 16.3. The standard InChI is InChI=1S/C11H14N4O3S/c1-15-11(12-10(13-15)8-3-2-4-8)14-19(16,17)9-5-6-18-7-9/h5-8H,2-4H2,1H3,(H,12,13,14).